The second-order valence-electron chi connectivity index (χ2n) is 4.34. The Morgan fingerprint density at radius 1 is 1.38 bits per heavy atom. The van der Waals surface area contributed by atoms with Crippen molar-refractivity contribution in [1.82, 2.24) is 4.31 Å². The molecule has 0 spiro atoms. The van der Waals surface area contributed by atoms with Crippen molar-refractivity contribution in [2.45, 2.75) is 32.7 Å². The van der Waals surface area contributed by atoms with Gasteiger partial charge in [0.1, 0.15) is 0 Å². The van der Waals surface area contributed by atoms with Gasteiger partial charge in [0.25, 0.3) is 0 Å². The summed E-state index contributed by atoms with van der Waals surface area (Å²) in [6.45, 7) is 6.71. The van der Waals surface area contributed by atoms with E-state index in [0.29, 0.717) is 26.1 Å². The second-order valence-corrected chi connectivity index (χ2v) is 6.36. The van der Waals surface area contributed by atoms with Gasteiger partial charge in [-0.25, -0.2) is 8.42 Å². The molecule has 0 aliphatic heterocycles. The number of hydrogen-bond donors (Lipinski definition) is 1. The van der Waals surface area contributed by atoms with Crippen LogP contribution in [0.15, 0.2) is 0 Å². The van der Waals surface area contributed by atoms with Gasteiger partial charge in [0.2, 0.25) is 10.0 Å². The average molecular weight is 252 g/mol. The first-order valence-electron chi connectivity index (χ1n) is 5.51. The number of rotatable bonds is 8. The zero-order valence-electron chi connectivity index (χ0n) is 10.7. The maximum atomic E-state index is 12.1. The fraction of sp³-hybridized carbons (Fsp3) is 1.00. The van der Waals surface area contributed by atoms with Gasteiger partial charge in [-0.15, -0.1) is 0 Å². The van der Waals surface area contributed by atoms with Gasteiger partial charge in [0, 0.05) is 32.3 Å². The zero-order valence-corrected chi connectivity index (χ0v) is 11.5. The van der Waals surface area contributed by atoms with Crippen molar-refractivity contribution in [2.24, 2.45) is 5.73 Å². The molecule has 0 amide bonds. The van der Waals surface area contributed by atoms with E-state index in [1.807, 2.05) is 20.8 Å². The van der Waals surface area contributed by atoms with E-state index >= 15 is 0 Å². The van der Waals surface area contributed by atoms with Gasteiger partial charge < -0.3 is 10.5 Å². The molecule has 0 saturated heterocycles. The van der Waals surface area contributed by atoms with Crippen LogP contribution in [0.4, 0.5) is 0 Å². The van der Waals surface area contributed by atoms with E-state index in [4.69, 9.17) is 10.5 Å². The SMILES string of the molecule is CCN(C(C)(C)CN)S(=O)(=O)CCCOC. The van der Waals surface area contributed by atoms with Crippen LogP contribution in [-0.2, 0) is 14.8 Å². The quantitative estimate of drug-likeness (QED) is 0.635. The Balaban J connectivity index is 4.68. The lowest BCUT2D eigenvalue weighted by atomic mass is 10.1. The van der Waals surface area contributed by atoms with E-state index in [1.165, 1.54) is 4.31 Å². The third kappa shape index (κ3) is 4.37. The number of nitrogens with two attached hydrogens (primary N) is 1. The highest BCUT2D eigenvalue weighted by atomic mass is 32.2. The van der Waals surface area contributed by atoms with Crippen molar-refractivity contribution in [3.05, 3.63) is 0 Å². The van der Waals surface area contributed by atoms with Crippen LogP contribution in [0.2, 0.25) is 0 Å². The molecule has 16 heavy (non-hydrogen) atoms. The summed E-state index contributed by atoms with van der Waals surface area (Å²) in [6, 6.07) is 0. The van der Waals surface area contributed by atoms with E-state index in [9.17, 15) is 8.42 Å². The molecule has 0 unspecified atom stereocenters. The molecule has 0 aliphatic rings. The molecule has 5 nitrogen and oxygen atoms in total. The van der Waals surface area contributed by atoms with Crippen LogP contribution < -0.4 is 5.73 Å². The monoisotopic (exact) mass is 252 g/mol. The fourth-order valence-corrected chi connectivity index (χ4v) is 3.52. The summed E-state index contributed by atoms with van der Waals surface area (Å²) < 4.78 is 30.4. The van der Waals surface area contributed by atoms with Crippen LogP contribution >= 0.6 is 0 Å². The van der Waals surface area contributed by atoms with Crippen molar-refractivity contribution >= 4 is 10.0 Å². The second kappa shape index (κ2) is 6.54. The average Bonchev–Trinajstić information content (AvgIpc) is 2.18. The molecule has 0 aromatic heterocycles. The summed E-state index contributed by atoms with van der Waals surface area (Å²) in [5.41, 5.74) is 5.08. The van der Waals surface area contributed by atoms with Gasteiger partial charge in [-0.05, 0) is 20.3 Å². The minimum Gasteiger partial charge on any atom is -0.385 e. The van der Waals surface area contributed by atoms with Gasteiger partial charge in [0.15, 0.2) is 0 Å². The highest BCUT2D eigenvalue weighted by Crippen LogP contribution is 2.18. The number of hydrogen-bond acceptors (Lipinski definition) is 4. The molecule has 6 heteroatoms. The van der Waals surface area contributed by atoms with Crippen LogP contribution in [0, 0.1) is 0 Å². The first-order chi connectivity index (χ1) is 7.31. The normalized spacial score (nSPS) is 13.4. The number of ether oxygens (including phenoxy) is 1. The first-order valence-corrected chi connectivity index (χ1v) is 7.12. The third-order valence-corrected chi connectivity index (χ3v) is 4.78. The smallest absolute Gasteiger partial charge is 0.214 e. The molecule has 0 fully saturated rings. The van der Waals surface area contributed by atoms with Gasteiger partial charge >= 0.3 is 0 Å². The standard InChI is InChI=1S/C10H24N2O3S/c1-5-12(10(2,3)9-11)16(13,14)8-6-7-15-4/h5-9,11H2,1-4H3. The lowest BCUT2D eigenvalue weighted by Crippen LogP contribution is -2.52. The van der Waals surface area contributed by atoms with E-state index in [1.54, 1.807) is 7.11 Å². The van der Waals surface area contributed by atoms with Crippen molar-refractivity contribution in [1.29, 1.82) is 0 Å². The summed E-state index contributed by atoms with van der Waals surface area (Å²) in [5, 5.41) is 0. The minimum atomic E-state index is -3.24. The van der Waals surface area contributed by atoms with E-state index < -0.39 is 15.6 Å². The molecule has 0 radical (unpaired) electrons. The number of sulfonamides is 1. The van der Waals surface area contributed by atoms with Gasteiger partial charge in [-0.1, -0.05) is 6.92 Å². The third-order valence-electron chi connectivity index (χ3n) is 2.55. The van der Waals surface area contributed by atoms with E-state index in [0.717, 1.165) is 0 Å². The van der Waals surface area contributed by atoms with Crippen molar-refractivity contribution in [3.63, 3.8) is 0 Å². The van der Waals surface area contributed by atoms with Crippen molar-refractivity contribution < 1.29 is 13.2 Å². The van der Waals surface area contributed by atoms with Crippen molar-refractivity contribution in [3.8, 4) is 0 Å². The lowest BCUT2D eigenvalue weighted by molar-refractivity contribution is 0.197. The van der Waals surface area contributed by atoms with Crippen LogP contribution in [0.5, 0.6) is 0 Å². The Labute approximate surface area is 99.0 Å². The number of methoxy groups -OCH3 is 1. The summed E-state index contributed by atoms with van der Waals surface area (Å²) in [4.78, 5) is 0. The molecule has 98 valence electrons. The maximum absolute atomic E-state index is 12.1. The summed E-state index contributed by atoms with van der Waals surface area (Å²) in [6.07, 6.45) is 0.510. The van der Waals surface area contributed by atoms with Gasteiger partial charge in [-0.2, -0.15) is 4.31 Å². The molecule has 0 aliphatic carbocycles. The zero-order chi connectivity index (χ0) is 12.8. The Morgan fingerprint density at radius 2 is 1.94 bits per heavy atom. The predicted octanol–water partition coefficient (Wildman–Crippen LogP) is 0.412. The molecular weight excluding hydrogens is 228 g/mol. The predicted molar refractivity (Wildman–Crippen MR) is 65.8 cm³/mol. The molecule has 0 heterocycles. The number of nitrogens with zero attached hydrogens (tertiary/aromatic N) is 1. The van der Waals surface area contributed by atoms with Crippen LogP contribution in [0.3, 0.4) is 0 Å². The summed E-state index contributed by atoms with van der Waals surface area (Å²) in [7, 11) is -1.68. The van der Waals surface area contributed by atoms with Crippen LogP contribution in [-0.4, -0.2) is 50.8 Å². The molecule has 0 aromatic rings. The Hall–Kier alpha value is -0.170. The Morgan fingerprint density at radius 3 is 2.31 bits per heavy atom. The maximum Gasteiger partial charge on any atom is 0.214 e. The molecule has 0 aromatic carbocycles. The number of likely N-dealkylation sites (N-methyl/N-ethyl adjacent to an activating group) is 1. The van der Waals surface area contributed by atoms with Gasteiger partial charge in [0.05, 0.1) is 5.75 Å². The largest absolute Gasteiger partial charge is 0.385 e. The highest BCUT2D eigenvalue weighted by molar-refractivity contribution is 7.89. The van der Waals surface area contributed by atoms with Gasteiger partial charge in [-0.3, -0.25) is 0 Å². The highest BCUT2D eigenvalue weighted by Gasteiger charge is 2.33. The van der Waals surface area contributed by atoms with Crippen molar-refractivity contribution in [2.75, 3.05) is 32.6 Å². The summed E-state index contributed by atoms with van der Waals surface area (Å²) in [5.74, 6) is 0.109. The van der Waals surface area contributed by atoms with E-state index in [-0.39, 0.29) is 5.75 Å². The summed E-state index contributed by atoms with van der Waals surface area (Å²) >= 11 is 0. The molecular formula is C10H24N2O3S. The Kier molecular flexibility index (Phi) is 6.47. The molecule has 0 rings (SSSR count). The minimum absolute atomic E-state index is 0.109. The topological polar surface area (TPSA) is 72.6 Å². The first kappa shape index (κ1) is 15.8. The fourth-order valence-electron chi connectivity index (χ4n) is 1.60. The molecule has 2 N–H and O–H groups in total. The molecule has 0 saturated carbocycles. The van der Waals surface area contributed by atoms with E-state index in [2.05, 4.69) is 0 Å². The lowest BCUT2D eigenvalue weighted by Gasteiger charge is -2.35. The molecule has 0 atom stereocenters. The van der Waals surface area contributed by atoms with Crippen LogP contribution in [0.25, 0.3) is 0 Å². The van der Waals surface area contributed by atoms with Crippen LogP contribution in [0.1, 0.15) is 27.2 Å². The molecule has 0 bridgehead atoms. The Bertz CT molecular complexity index is 288.